The van der Waals surface area contributed by atoms with Crippen LogP contribution in [-0.2, 0) is 16.8 Å². The van der Waals surface area contributed by atoms with Gasteiger partial charge >= 0.3 is 0 Å². The van der Waals surface area contributed by atoms with Gasteiger partial charge in [0.2, 0.25) is 0 Å². The van der Waals surface area contributed by atoms with Gasteiger partial charge in [-0.05, 0) is 60.7 Å². The van der Waals surface area contributed by atoms with E-state index in [0.29, 0.717) is 30.0 Å². The molecule has 3 N–H and O–H groups in total. The number of ether oxygens (including phenoxy) is 1. The molecular formula is C28H26CoN2O4. The third-order valence-electron chi connectivity index (χ3n) is 4.51. The van der Waals surface area contributed by atoms with Gasteiger partial charge in [-0.1, -0.05) is 42.5 Å². The van der Waals surface area contributed by atoms with Crippen molar-refractivity contribution in [3.8, 4) is 28.7 Å². The van der Waals surface area contributed by atoms with Crippen LogP contribution in [0.3, 0.4) is 0 Å². The van der Waals surface area contributed by atoms with Crippen molar-refractivity contribution in [2.24, 2.45) is 9.98 Å². The van der Waals surface area contributed by atoms with Gasteiger partial charge in [-0.15, -0.1) is 0 Å². The van der Waals surface area contributed by atoms with Crippen LogP contribution in [0.4, 0.5) is 0 Å². The number of phenols is 3. The molecule has 0 unspecified atom stereocenters. The Balaban J connectivity index is 0.000000254. The summed E-state index contributed by atoms with van der Waals surface area (Å²) in [6, 6.07) is 30.2. The van der Waals surface area contributed by atoms with Crippen molar-refractivity contribution in [1.29, 1.82) is 0 Å². The minimum atomic E-state index is 0. The van der Waals surface area contributed by atoms with Crippen LogP contribution in [0.1, 0.15) is 11.1 Å². The second-order valence-electron chi connectivity index (χ2n) is 7.10. The molecule has 181 valence electrons. The van der Waals surface area contributed by atoms with Crippen LogP contribution in [-0.4, -0.2) is 40.8 Å². The molecule has 0 spiro atoms. The van der Waals surface area contributed by atoms with Gasteiger partial charge < -0.3 is 20.1 Å². The Hall–Kier alpha value is -4.07. The molecule has 7 heteroatoms. The van der Waals surface area contributed by atoms with E-state index in [1.807, 2.05) is 42.5 Å². The average molecular weight is 513 g/mol. The molecule has 6 nitrogen and oxygen atoms in total. The molecule has 35 heavy (non-hydrogen) atoms. The Morgan fingerprint density at radius 1 is 0.543 bits per heavy atom. The van der Waals surface area contributed by atoms with E-state index in [2.05, 4.69) is 9.98 Å². The van der Waals surface area contributed by atoms with Crippen LogP contribution in [0, 0.1) is 0 Å². The molecule has 0 heterocycles. The van der Waals surface area contributed by atoms with E-state index < -0.39 is 0 Å². The van der Waals surface area contributed by atoms with Crippen LogP contribution in [0.15, 0.2) is 113 Å². The number of para-hydroxylation sites is 3. The first kappa shape index (κ1) is 27.2. The standard InChI is InChI=1S/C16H16N2O2.C12H10O2.Co/c19-15-7-3-1-5-13(15)11-17-9-10-18-12-14-6-2-4-8-16(14)20;13-10-6-8-12(9-7-10)14-11-4-2-1-3-5-11;/h1-8,11-12,19-20H,9-10H2;1-9,13H;. The molecule has 0 fully saturated rings. The third-order valence-corrected chi connectivity index (χ3v) is 4.51. The third kappa shape index (κ3) is 9.75. The molecule has 0 aliphatic carbocycles. The zero-order chi connectivity index (χ0) is 24.0. The Morgan fingerprint density at radius 3 is 1.46 bits per heavy atom. The average Bonchev–Trinajstić information content (AvgIpc) is 2.86. The molecule has 0 aliphatic rings. The van der Waals surface area contributed by atoms with Crippen molar-refractivity contribution in [2.75, 3.05) is 13.1 Å². The van der Waals surface area contributed by atoms with Gasteiger partial charge in [0, 0.05) is 40.3 Å². The van der Waals surface area contributed by atoms with Crippen LogP contribution < -0.4 is 4.74 Å². The summed E-state index contributed by atoms with van der Waals surface area (Å²) in [5.41, 5.74) is 1.38. The quantitative estimate of drug-likeness (QED) is 0.215. The minimum Gasteiger partial charge on any atom is -0.508 e. The van der Waals surface area contributed by atoms with Crippen LogP contribution >= 0.6 is 0 Å². The first-order valence-electron chi connectivity index (χ1n) is 10.7. The molecule has 4 rings (SSSR count). The van der Waals surface area contributed by atoms with Gasteiger partial charge in [0.25, 0.3) is 0 Å². The monoisotopic (exact) mass is 513 g/mol. The fourth-order valence-electron chi connectivity index (χ4n) is 2.77. The first-order chi connectivity index (χ1) is 16.6. The van der Waals surface area contributed by atoms with Gasteiger partial charge in [0.1, 0.15) is 28.7 Å². The fourth-order valence-corrected chi connectivity index (χ4v) is 2.77. The van der Waals surface area contributed by atoms with E-state index in [9.17, 15) is 10.2 Å². The molecule has 4 aromatic carbocycles. The topological polar surface area (TPSA) is 94.6 Å². The zero-order valence-corrected chi connectivity index (χ0v) is 19.9. The molecule has 0 saturated heterocycles. The van der Waals surface area contributed by atoms with E-state index in [4.69, 9.17) is 9.84 Å². The van der Waals surface area contributed by atoms with Crippen molar-refractivity contribution >= 4 is 12.4 Å². The number of hydrogen-bond acceptors (Lipinski definition) is 6. The summed E-state index contributed by atoms with van der Waals surface area (Å²) < 4.78 is 5.52. The van der Waals surface area contributed by atoms with E-state index >= 15 is 0 Å². The summed E-state index contributed by atoms with van der Waals surface area (Å²) in [6.45, 7) is 1.05. The summed E-state index contributed by atoms with van der Waals surface area (Å²) in [5.74, 6) is 2.18. The van der Waals surface area contributed by atoms with Gasteiger partial charge in [-0.25, -0.2) is 0 Å². The molecule has 0 aromatic heterocycles. The smallest absolute Gasteiger partial charge is 0.127 e. The van der Waals surface area contributed by atoms with Crippen molar-refractivity contribution in [3.63, 3.8) is 0 Å². The molecule has 0 saturated carbocycles. The summed E-state index contributed by atoms with van der Waals surface area (Å²) >= 11 is 0. The Bertz CT molecular complexity index is 1160. The van der Waals surface area contributed by atoms with Crippen molar-refractivity contribution in [3.05, 3.63) is 114 Å². The second-order valence-corrected chi connectivity index (χ2v) is 7.10. The van der Waals surface area contributed by atoms with Gasteiger partial charge in [-0.2, -0.15) is 0 Å². The molecule has 0 amide bonds. The normalized spacial score (nSPS) is 10.4. The van der Waals surface area contributed by atoms with Gasteiger partial charge in [0.05, 0.1) is 13.1 Å². The Labute approximate surface area is 215 Å². The van der Waals surface area contributed by atoms with E-state index in [1.165, 1.54) is 0 Å². The number of hydrogen-bond donors (Lipinski definition) is 3. The minimum absolute atomic E-state index is 0. The van der Waals surface area contributed by atoms with Crippen LogP contribution in [0.5, 0.6) is 28.7 Å². The van der Waals surface area contributed by atoms with Crippen molar-refractivity contribution in [2.45, 2.75) is 0 Å². The second kappa shape index (κ2) is 14.9. The molecule has 0 atom stereocenters. The van der Waals surface area contributed by atoms with Crippen molar-refractivity contribution in [1.82, 2.24) is 0 Å². The number of rotatable bonds is 7. The van der Waals surface area contributed by atoms with E-state index in [-0.39, 0.29) is 34.0 Å². The molecule has 4 aromatic rings. The SMILES string of the molecule is Oc1ccc(Oc2ccccc2)cc1.Oc1ccccc1C=NCCN=Cc1ccccc1O.[Co]. The Kier molecular flexibility index (Phi) is 11.6. The number of aliphatic imine (C=N–C) groups is 2. The summed E-state index contributed by atoms with van der Waals surface area (Å²) in [5, 5.41) is 28.2. The van der Waals surface area contributed by atoms with E-state index in [1.54, 1.807) is 73.1 Å². The maximum absolute atomic E-state index is 9.54. The van der Waals surface area contributed by atoms with Crippen molar-refractivity contribution < 1.29 is 36.8 Å². The molecule has 0 bridgehead atoms. The number of aromatic hydroxyl groups is 3. The predicted octanol–water partition coefficient (Wildman–Crippen LogP) is 5.82. The number of phenolic OH excluding ortho intramolecular Hbond substituents is 3. The zero-order valence-electron chi connectivity index (χ0n) is 18.9. The summed E-state index contributed by atoms with van der Waals surface area (Å²) in [7, 11) is 0. The largest absolute Gasteiger partial charge is 0.508 e. The fraction of sp³-hybridized carbons (Fsp3) is 0.0714. The van der Waals surface area contributed by atoms with Crippen LogP contribution in [0.2, 0.25) is 0 Å². The summed E-state index contributed by atoms with van der Waals surface area (Å²) in [4.78, 5) is 8.39. The molecular weight excluding hydrogens is 487 g/mol. The number of benzene rings is 4. The predicted molar refractivity (Wildman–Crippen MR) is 136 cm³/mol. The molecule has 0 aliphatic heterocycles. The first-order valence-corrected chi connectivity index (χ1v) is 10.7. The van der Waals surface area contributed by atoms with E-state index in [0.717, 1.165) is 5.75 Å². The van der Waals surface area contributed by atoms with Gasteiger partial charge in [-0.3, -0.25) is 9.98 Å². The van der Waals surface area contributed by atoms with Crippen LogP contribution in [0.25, 0.3) is 0 Å². The maximum Gasteiger partial charge on any atom is 0.127 e. The number of nitrogens with zero attached hydrogens (tertiary/aromatic N) is 2. The maximum atomic E-state index is 9.54. The Morgan fingerprint density at radius 2 is 0.971 bits per heavy atom. The molecule has 1 radical (unpaired) electrons. The summed E-state index contributed by atoms with van der Waals surface area (Å²) in [6.07, 6.45) is 3.26. The van der Waals surface area contributed by atoms with Gasteiger partial charge in [0.15, 0.2) is 0 Å².